The van der Waals surface area contributed by atoms with Gasteiger partial charge in [0.05, 0.1) is 17.1 Å². The zero-order valence-electron chi connectivity index (χ0n) is 10.9. The average Bonchev–Trinajstić information content (AvgIpc) is 2.35. The lowest BCUT2D eigenvalue weighted by molar-refractivity contribution is -0.197. The predicted molar refractivity (Wildman–Crippen MR) is 72.4 cm³/mol. The largest absolute Gasteiger partial charge is 0.496 e. The Bertz CT molecular complexity index is 658. The molecule has 11 heteroatoms. The minimum Gasteiger partial charge on any atom is -0.496 e. The molecule has 0 heterocycles. The topological polar surface area (TPSA) is 89.9 Å². The van der Waals surface area contributed by atoms with E-state index in [0.29, 0.717) is 4.47 Å². The first-order chi connectivity index (χ1) is 9.94. The van der Waals surface area contributed by atoms with Crippen molar-refractivity contribution < 1.29 is 40.4 Å². The second kappa shape index (κ2) is 6.84. The quantitative estimate of drug-likeness (QED) is 0.596. The molecule has 0 radical (unpaired) electrons. The molecule has 22 heavy (non-hydrogen) atoms. The molecular formula is C11H10BrF3O6S. The van der Waals surface area contributed by atoms with Crippen LogP contribution < -0.4 is 4.74 Å². The maximum Gasteiger partial charge on any atom is 0.426 e. The molecule has 0 fully saturated rings. The smallest absolute Gasteiger partial charge is 0.426 e. The summed E-state index contributed by atoms with van der Waals surface area (Å²) in [5.41, 5.74) is -0.273. The lowest BCUT2D eigenvalue weighted by atomic mass is 10.2. The second-order valence-electron chi connectivity index (χ2n) is 4.03. The van der Waals surface area contributed by atoms with Crippen LogP contribution >= 0.6 is 15.9 Å². The molecule has 0 aliphatic rings. The van der Waals surface area contributed by atoms with Crippen molar-refractivity contribution in [2.75, 3.05) is 12.9 Å². The van der Waals surface area contributed by atoms with Crippen LogP contribution in [0.5, 0.6) is 5.75 Å². The number of hydrogen-bond donors (Lipinski definition) is 1. The molecule has 1 atom stereocenters. The van der Waals surface area contributed by atoms with Crippen LogP contribution in [0.4, 0.5) is 13.2 Å². The van der Waals surface area contributed by atoms with E-state index in [9.17, 15) is 26.4 Å². The number of ether oxygens (including phenoxy) is 2. The summed E-state index contributed by atoms with van der Waals surface area (Å²) in [5, 5.41) is 0. The molecule has 0 amide bonds. The molecule has 1 rings (SSSR count). The van der Waals surface area contributed by atoms with Crippen molar-refractivity contribution >= 4 is 32.0 Å². The Balaban J connectivity index is 3.01. The van der Waals surface area contributed by atoms with Gasteiger partial charge in [0.1, 0.15) is 11.5 Å². The number of methoxy groups -OCH3 is 1. The van der Waals surface area contributed by atoms with E-state index in [0.717, 1.165) is 12.1 Å². The predicted octanol–water partition coefficient (Wildman–Crippen LogP) is 2.43. The van der Waals surface area contributed by atoms with Gasteiger partial charge < -0.3 is 9.47 Å². The van der Waals surface area contributed by atoms with Crippen molar-refractivity contribution in [3.05, 3.63) is 28.2 Å². The van der Waals surface area contributed by atoms with Crippen LogP contribution in [0.2, 0.25) is 0 Å². The number of benzene rings is 1. The summed E-state index contributed by atoms with van der Waals surface area (Å²) in [6.07, 6.45) is -8.13. The fourth-order valence-electron chi connectivity index (χ4n) is 1.37. The van der Waals surface area contributed by atoms with E-state index in [1.807, 2.05) is 0 Å². The molecule has 124 valence electrons. The first kappa shape index (κ1) is 18.7. The normalized spacial score (nSPS) is 13.5. The molecule has 0 aliphatic heterocycles. The highest BCUT2D eigenvalue weighted by atomic mass is 79.9. The SMILES string of the molecule is COc1cc(C(=O)OC(CS(=O)(=O)O)C(F)(F)F)ccc1Br. The molecule has 0 spiro atoms. The number of carbonyl (C=O) groups is 1. The zero-order valence-corrected chi connectivity index (χ0v) is 13.3. The van der Waals surface area contributed by atoms with Gasteiger partial charge in [0.25, 0.3) is 10.1 Å². The van der Waals surface area contributed by atoms with Gasteiger partial charge in [-0.15, -0.1) is 0 Å². The summed E-state index contributed by atoms with van der Waals surface area (Å²) in [5.74, 6) is -3.01. The highest BCUT2D eigenvalue weighted by Gasteiger charge is 2.45. The van der Waals surface area contributed by atoms with Gasteiger partial charge >= 0.3 is 12.1 Å². The Hall–Kier alpha value is -1.33. The second-order valence-corrected chi connectivity index (χ2v) is 6.38. The molecule has 1 N–H and O–H groups in total. The van der Waals surface area contributed by atoms with E-state index in [2.05, 4.69) is 20.7 Å². The summed E-state index contributed by atoms with van der Waals surface area (Å²) < 4.78 is 77.1. The maximum atomic E-state index is 12.7. The van der Waals surface area contributed by atoms with Crippen LogP contribution in [0, 0.1) is 0 Å². The standard InChI is InChI=1S/C11H10BrF3O6S/c1-20-8-4-6(2-3-7(8)12)10(16)21-9(11(13,14)15)5-22(17,18)19/h2-4,9H,5H2,1H3,(H,17,18,19). The van der Waals surface area contributed by atoms with Gasteiger partial charge in [-0.05, 0) is 34.1 Å². The lowest BCUT2D eigenvalue weighted by Crippen LogP contribution is -2.39. The molecule has 1 unspecified atom stereocenters. The van der Waals surface area contributed by atoms with Gasteiger partial charge in [-0.2, -0.15) is 21.6 Å². The van der Waals surface area contributed by atoms with Crippen LogP contribution in [-0.4, -0.2) is 44.1 Å². The third-order valence-electron chi connectivity index (χ3n) is 2.36. The minimum absolute atomic E-state index is 0.174. The van der Waals surface area contributed by atoms with Gasteiger partial charge in [-0.3, -0.25) is 4.55 Å². The van der Waals surface area contributed by atoms with E-state index < -0.39 is 34.1 Å². The van der Waals surface area contributed by atoms with E-state index in [1.54, 1.807) is 0 Å². The molecule has 0 aliphatic carbocycles. The number of alkyl halides is 3. The van der Waals surface area contributed by atoms with Crippen molar-refractivity contribution in [2.45, 2.75) is 12.3 Å². The van der Waals surface area contributed by atoms with Crippen molar-refractivity contribution in [2.24, 2.45) is 0 Å². The summed E-state index contributed by atoms with van der Waals surface area (Å²) in [6, 6.07) is 3.63. The fraction of sp³-hybridized carbons (Fsp3) is 0.364. The number of hydrogen-bond acceptors (Lipinski definition) is 5. The van der Waals surface area contributed by atoms with Crippen molar-refractivity contribution in [1.82, 2.24) is 0 Å². The molecule has 0 saturated carbocycles. The molecule has 0 saturated heterocycles. The Kier molecular flexibility index (Phi) is 5.82. The Morgan fingerprint density at radius 1 is 1.41 bits per heavy atom. The Labute approximate surface area is 132 Å². The number of rotatable bonds is 5. The lowest BCUT2D eigenvalue weighted by Gasteiger charge is -2.19. The number of carbonyl (C=O) groups excluding carboxylic acids is 1. The van der Waals surface area contributed by atoms with Crippen LogP contribution in [0.15, 0.2) is 22.7 Å². The van der Waals surface area contributed by atoms with E-state index in [4.69, 9.17) is 9.29 Å². The van der Waals surface area contributed by atoms with Gasteiger partial charge in [0, 0.05) is 0 Å². The third kappa shape index (κ3) is 5.46. The van der Waals surface area contributed by atoms with Crippen molar-refractivity contribution in [3.63, 3.8) is 0 Å². The third-order valence-corrected chi connectivity index (χ3v) is 3.74. The summed E-state index contributed by atoms with van der Waals surface area (Å²) in [6.45, 7) is 0. The molecular weight excluding hydrogens is 397 g/mol. The van der Waals surface area contributed by atoms with E-state index >= 15 is 0 Å². The summed E-state index contributed by atoms with van der Waals surface area (Å²) in [4.78, 5) is 11.7. The van der Waals surface area contributed by atoms with Crippen LogP contribution in [0.3, 0.4) is 0 Å². The first-order valence-electron chi connectivity index (χ1n) is 5.50. The van der Waals surface area contributed by atoms with Crippen LogP contribution in [-0.2, 0) is 14.9 Å². The maximum absolute atomic E-state index is 12.7. The molecule has 1 aromatic rings. The van der Waals surface area contributed by atoms with Gasteiger partial charge in [0.15, 0.2) is 0 Å². The number of halogens is 4. The monoisotopic (exact) mass is 406 g/mol. The van der Waals surface area contributed by atoms with E-state index in [-0.39, 0.29) is 11.3 Å². The summed E-state index contributed by atoms with van der Waals surface area (Å²) in [7, 11) is -3.70. The first-order valence-corrected chi connectivity index (χ1v) is 7.90. The highest BCUT2D eigenvalue weighted by Crippen LogP contribution is 2.28. The van der Waals surface area contributed by atoms with Crippen molar-refractivity contribution in [3.8, 4) is 5.75 Å². The van der Waals surface area contributed by atoms with Gasteiger partial charge in [-0.25, -0.2) is 4.79 Å². The Morgan fingerprint density at radius 2 is 2.00 bits per heavy atom. The van der Waals surface area contributed by atoms with Crippen LogP contribution in [0.25, 0.3) is 0 Å². The molecule has 6 nitrogen and oxygen atoms in total. The van der Waals surface area contributed by atoms with Crippen LogP contribution in [0.1, 0.15) is 10.4 Å². The molecule has 1 aromatic carbocycles. The van der Waals surface area contributed by atoms with E-state index in [1.165, 1.54) is 13.2 Å². The van der Waals surface area contributed by atoms with Gasteiger partial charge in [0.2, 0.25) is 6.10 Å². The molecule has 0 aromatic heterocycles. The number of esters is 1. The Morgan fingerprint density at radius 3 is 2.45 bits per heavy atom. The minimum atomic E-state index is -5.15. The molecule has 0 bridgehead atoms. The average molecular weight is 407 g/mol. The zero-order chi connectivity index (χ0) is 17.1. The summed E-state index contributed by atoms with van der Waals surface area (Å²) >= 11 is 3.09. The van der Waals surface area contributed by atoms with Gasteiger partial charge in [-0.1, -0.05) is 0 Å². The fourth-order valence-corrected chi connectivity index (χ4v) is 2.42. The highest BCUT2D eigenvalue weighted by molar-refractivity contribution is 9.10. The van der Waals surface area contributed by atoms with Crippen molar-refractivity contribution in [1.29, 1.82) is 0 Å².